The highest BCUT2D eigenvalue weighted by molar-refractivity contribution is 5.85. The molecule has 2 rings (SSSR count). The lowest BCUT2D eigenvalue weighted by atomic mass is 9.84. The number of carbonyl (C=O) groups is 1. The van der Waals surface area contributed by atoms with Gasteiger partial charge >= 0.3 is 0 Å². The first-order valence-electron chi connectivity index (χ1n) is 8.92. The van der Waals surface area contributed by atoms with Crippen molar-refractivity contribution < 1.29 is 19.4 Å². The number of piperidine rings is 1. The van der Waals surface area contributed by atoms with Crippen molar-refractivity contribution in [3.8, 4) is 11.5 Å². The van der Waals surface area contributed by atoms with E-state index in [0.29, 0.717) is 35.3 Å². The summed E-state index contributed by atoms with van der Waals surface area (Å²) in [5.74, 6) is 2.14. The molecule has 148 valence electrons. The van der Waals surface area contributed by atoms with Crippen LogP contribution < -0.4 is 20.1 Å². The molecule has 1 aliphatic heterocycles. The first-order valence-corrected chi connectivity index (χ1v) is 8.92. The maximum absolute atomic E-state index is 12.2. The molecule has 2 unspecified atom stereocenters. The van der Waals surface area contributed by atoms with Gasteiger partial charge in [-0.15, -0.1) is 12.4 Å². The van der Waals surface area contributed by atoms with Gasteiger partial charge in [-0.3, -0.25) is 4.79 Å². The van der Waals surface area contributed by atoms with Crippen LogP contribution in [0.15, 0.2) is 18.2 Å². The molecule has 1 aliphatic rings. The molecule has 1 fully saturated rings. The van der Waals surface area contributed by atoms with Gasteiger partial charge in [0.2, 0.25) is 5.91 Å². The van der Waals surface area contributed by atoms with E-state index in [1.807, 2.05) is 0 Å². The summed E-state index contributed by atoms with van der Waals surface area (Å²) in [5.41, 5.74) is 0.605. The van der Waals surface area contributed by atoms with Crippen LogP contribution in [0.25, 0.3) is 0 Å². The molecular weight excluding hydrogens is 356 g/mol. The summed E-state index contributed by atoms with van der Waals surface area (Å²) in [6, 6.07) is 5.25. The quantitative estimate of drug-likeness (QED) is 0.638. The molecule has 0 saturated carbocycles. The fourth-order valence-corrected chi connectivity index (χ4v) is 3.36. The monoisotopic (exact) mass is 386 g/mol. The molecule has 1 aromatic carbocycles. The number of nitrogens with one attached hydrogen (secondary N) is 2. The lowest BCUT2D eigenvalue weighted by Gasteiger charge is -2.28. The highest BCUT2D eigenvalue weighted by Gasteiger charge is 2.22. The fourth-order valence-electron chi connectivity index (χ4n) is 3.36. The molecule has 6 nitrogen and oxygen atoms in total. The first-order chi connectivity index (χ1) is 12.0. The van der Waals surface area contributed by atoms with E-state index >= 15 is 0 Å². The van der Waals surface area contributed by atoms with Crippen molar-refractivity contribution in [3.63, 3.8) is 0 Å². The van der Waals surface area contributed by atoms with Crippen LogP contribution >= 0.6 is 12.4 Å². The van der Waals surface area contributed by atoms with E-state index in [1.165, 1.54) is 0 Å². The molecule has 1 saturated heterocycles. The van der Waals surface area contributed by atoms with Gasteiger partial charge in [0.15, 0.2) is 0 Å². The Balaban J connectivity index is 0.00000338. The number of rotatable bonds is 8. The summed E-state index contributed by atoms with van der Waals surface area (Å²) in [5, 5.41) is 16.6. The number of carbonyl (C=O) groups excluding carboxylic acids is 1. The van der Waals surface area contributed by atoms with Gasteiger partial charge in [0.1, 0.15) is 11.5 Å². The number of halogens is 1. The number of amides is 1. The summed E-state index contributed by atoms with van der Waals surface area (Å²) in [6.07, 6.45) is 1.89. The standard InChI is InChI=1S/C19H30N2O4.ClH/c1-13(14-6-8-20-9-7-14)10-19(23)21-12-17(22)16-11-15(24-2)4-5-18(16)25-3;/h4-5,11,13-14,17,20,22H,6-10,12H2,1-3H3,(H,21,23);1H. The summed E-state index contributed by atoms with van der Waals surface area (Å²) in [7, 11) is 3.12. The van der Waals surface area contributed by atoms with Gasteiger partial charge in [-0.25, -0.2) is 0 Å². The van der Waals surface area contributed by atoms with Gasteiger partial charge in [0.05, 0.1) is 20.3 Å². The molecule has 1 heterocycles. The minimum absolute atomic E-state index is 0. The van der Waals surface area contributed by atoms with Crippen molar-refractivity contribution in [3.05, 3.63) is 23.8 Å². The van der Waals surface area contributed by atoms with Crippen LogP contribution in [0.2, 0.25) is 0 Å². The third-order valence-corrected chi connectivity index (χ3v) is 4.98. The second kappa shape index (κ2) is 11.3. The lowest BCUT2D eigenvalue weighted by Crippen LogP contribution is -2.34. The predicted octanol–water partition coefficient (Wildman–Crippen LogP) is 2.30. The molecular formula is C19H31ClN2O4. The SMILES string of the molecule is COc1ccc(OC)c(C(O)CNC(=O)CC(C)C2CCNCC2)c1.Cl. The Kier molecular flexibility index (Phi) is 9.76. The Morgan fingerprint density at radius 1 is 1.31 bits per heavy atom. The number of aliphatic hydroxyl groups is 1. The molecule has 7 heteroatoms. The number of benzene rings is 1. The van der Waals surface area contributed by atoms with Gasteiger partial charge < -0.3 is 25.2 Å². The predicted molar refractivity (Wildman–Crippen MR) is 104 cm³/mol. The molecule has 2 atom stereocenters. The van der Waals surface area contributed by atoms with E-state index in [1.54, 1.807) is 32.4 Å². The number of methoxy groups -OCH3 is 2. The van der Waals surface area contributed by atoms with Gasteiger partial charge in [0.25, 0.3) is 0 Å². The summed E-state index contributed by atoms with van der Waals surface area (Å²) in [6.45, 7) is 4.36. The van der Waals surface area contributed by atoms with E-state index in [2.05, 4.69) is 17.6 Å². The molecule has 0 aliphatic carbocycles. The average Bonchev–Trinajstić information content (AvgIpc) is 2.66. The first kappa shape index (κ1) is 22.5. The Morgan fingerprint density at radius 2 is 2.00 bits per heavy atom. The van der Waals surface area contributed by atoms with Crippen molar-refractivity contribution in [1.29, 1.82) is 0 Å². The van der Waals surface area contributed by atoms with E-state index in [4.69, 9.17) is 9.47 Å². The van der Waals surface area contributed by atoms with Crippen molar-refractivity contribution in [2.24, 2.45) is 11.8 Å². The molecule has 1 amide bonds. The molecule has 26 heavy (non-hydrogen) atoms. The van der Waals surface area contributed by atoms with Crippen LogP contribution in [-0.2, 0) is 4.79 Å². The number of ether oxygens (including phenoxy) is 2. The second-order valence-corrected chi connectivity index (χ2v) is 6.70. The number of hydrogen-bond donors (Lipinski definition) is 3. The van der Waals surface area contributed by atoms with E-state index in [0.717, 1.165) is 25.9 Å². The van der Waals surface area contributed by atoms with Crippen molar-refractivity contribution in [2.45, 2.75) is 32.3 Å². The average molecular weight is 387 g/mol. The minimum Gasteiger partial charge on any atom is -0.497 e. The van der Waals surface area contributed by atoms with E-state index < -0.39 is 6.10 Å². The summed E-state index contributed by atoms with van der Waals surface area (Å²) >= 11 is 0. The Hall–Kier alpha value is -1.50. The van der Waals surface area contributed by atoms with Crippen LogP contribution in [0.1, 0.15) is 37.9 Å². The number of hydrogen-bond acceptors (Lipinski definition) is 5. The van der Waals surface area contributed by atoms with Crippen LogP contribution in [0.3, 0.4) is 0 Å². The second-order valence-electron chi connectivity index (χ2n) is 6.70. The topological polar surface area (TPSA) is 79.8 Å². The normalized spacial score (nSPS) is 16.9. The Morgan fingerprint density at radius 3 is 2.62 bits per heavy atom. The molecule has 0 aromatic heterocycles. The fraction of sp³-hybridized carbons (Fsp3) is 0.632. The Bertz CT molecular complexity index is 564. The van der Waals surface area contributed by atoms with Crippen LogP contribution in [0.5, 0.6) is 11.5 Å². The van der Waals surface area contributed by atoms with Crippen LogP contribution in [0.4, 0.5) is 0 Å². The number of aliphatic hydroxyl groups excluding tert-OH is 1. The molecule has 1 aromatic rings. The summed E-state index contributed by atoms with van der Waals surface area (Å²) in [4.78, 5) is 12.2. The smallest absolute Gasteiger partial charge is 0.220 e. The summed E-state index contributed by atoms with van der Waals surface area (Å²) < 4.78 is 10.5. The third-order valence-electron chi connectivity index (χ3n) is 4.98. The zero-order valence-corrected chi connectivity index (χ0v) is 16.6. The maximum atomic E-state index is 12.2. The van der Waals surface area contributed by atoms with E-state index in [9.17, 15) is 9.90 Å². The molecule has 0 spiro atoms. The highest BCUT2D eigenvalue weighted by Crippen LogP contribution is 2.29. The Labute approximate surface area is 162 Å². The van der Waals surface area contributed by atoms with Gasteiger partial charge in [-0.1, -0.05) is 6.92 Å². The molecule has 0 bridgehead atoms. The van der Waals surface area contributed by atoms with Crippen LogP contribution in [0, 0.1) is 11.8 Å². The van der Waals surface area contributed by atoms with E-state index in [-0.39, 0.29) is 24.9 Å². The largest absolute Gasteiger partial charge is 0.497 e. The molecule has 3 N–H and O–H groups in total. The van der Waals surface area contributed by atoms with Crippen molar-refractivity contribution in [1.82, 2.24) is 10.6 Å². The van der Waals surface area contributed by atoms with Gasteiger partial charge in [0, 0.05) is 18.5 Å². The maximum Gasteiger partial charge on any atom is 0.220 e. The van der Waals surface area contributed by atoms with Gasteiger partial charge in [-0.05, 0) is 56.0 Å². The molecule has 0 radical (unpaired) electrons. The highest BCUT2D eigenvalue weighted by atomic mass is 35.5. The van der Waals surface area contributed by atoms with Crippen molar-refractivity contribution >= 4 is 18.3 Å². The zero-order chi connectivity index (χ0) is 18.2. The lowest BCUT2D eigenvalue weighted by molar-refractivity contribution is -0.122. The van der Waals surface area contributed by atoms with Crippen molar-refractivity contribution in [2.75, 3.05) is 33.9 Å². The third kappa shape index (κ3) is 6.34. The van der Waals surface area contributed by atoms with Gasteiger partial charge in [-0.2, -0.15) is 0 Å². The minimum atomic E-state index is -0.844. The van der Waals surface area contributed by atoms with Crippen LogP contribution in [-0.4, -0.2) is 44.9 Å². The zero-order valence-electron chi connectivity index (χ0n) is 15.8.